The number of nitrogens with one attached hydrogen (secondary N) is 1. The van der Waals surface area contributed by atoms with E-state index in [0.717, 1.165) is 47.4 Å². The number of ether oxygens (including phenoxy) is 2. The Morgan fingerprint density at radius 3 is 2.30 bits per heavy atom. The quantitative estimate of drug-likeness (QED) is 0.278. The molecule has 3 aromatic rings. The van der Waals surface area contributed by atoms with Crippen LogP contribution in [0.4, 0.5) is 10.5 Å². The molecule has 2 aromatic carbocycles. The zero-order chi connectivity index (χ0) is 28.5. The molecule has 0 radical (unpaired) electrons. The summed E-state index contributed by atoms with van der Waals surface area (Å²) in [5, 5.41) is 3.04. The fourth-order valence-corrected chi connectivity index (χ4v) is 6.09. The van der Waals surface area contributed by atoms with Crippen molar-refractivity contribution < 1.29 is 19.1 Å². The van der Waals surface area contributed by atoms with Gasteiger partial charge >= 0.3 is 6.03 Å². The topological polar surface area (TPSA) is 71.1 Å². The first-order valence-corrected chi connectivity index (χ1v) is 14.9. The zero-order valence-electron chi connectivity index (χ0n) is 24.1. The van der Waals surface area contributed by atoms with Gasteiger partial charge in [-0.25, -0.2) is 4.79 Å². The standard InChI is InChI=1S/C32H41N3O4S/c1-23-10-14-26(15-11-23)33-32(37)35(27-8-6-5-7-9-27)22-31(36)34(21-28-16-12-24(2)40-28)19-18-25-13-17-29(38-3)30(20-25)39-4/h10-17,20,27H,5-9,18-19,21-22H2,1-4H3,(H,33,37). The number of methoxy groups -OCH3 is 2. The number of carbonyl (C=O) groups excluding carboxylic acids is 2. The number of rotatable bonds is 11. The molecule has 0 aliphatic heterocycles. The number of aryl methyl sites for hydroxylation is 2. The molecule has 0 atom stereocenters. The van der Waals surface area contributed by atoms with Crippen molar-refractivity contribution in [2.75, 3.05) is 32.6 Å². The fraction of sp³-hybridized carbons (Fsp3) is 0.438. The van der Waals surface area contributed by atoms with Gasteiger partial charge in [0.1, 0.15) is 6.54 Å². The summed E-state index contributed by atoms with van der Waals surface area (Å²) in [4.78, 5) is 33.5. The number of benzene rings is 2. The van der Waals surface area contributed by atoms with E-state index in [1.807, 2.05) is 54.3 Å². The van der Waals surface area contributed by atoms with Crippen LogP contribution in [0.15, 0.2) is 54.6 Å². The van der Waals surface area contributed by atoms with E-state index in [2.05, 4.69) is 24.4 Å². The van der Waals surface area contributed by atoms with E-state index < -0.39 is 0 Å². The second-order valence-electron chi connectivity index (χ2n) is 10.5. The molecule has 0 unspecified atom stereocenters. The number of amides is 3. The lowest BCUT2D eigenvalue weighted by molar-refractivity contribution is -0.132. The summed E-state index contributed by atoms with van der Waals surface area (Å²) in [5.74, 6) is 1.30. The van der Waals surface area contributed by atoms with Gasteiger partial charge in [-0.1, -0.05) is 43.0 Å². The summed E-state index contributed by atoms with van der Waals surface area (Å²) in [6.07, 6.45) is 5.83. The summed E-state index contributed by atoms with van der Waals surface area (Å²) in [5.41, 5.74) is 2.92. The van der Waals surface area contributed by atoms with Gasteiger partial charge < -0.3 is 24.6 Å². The van der Waals surface area contributed by atoms with Crippen LogP contribution in [0, 0.1) is 13.8 Å². The second-order valence-corrected chi connectivity index (χ2v) is 11.9. The molecule has 214 valence electrons. The van der Waals surface area contributed by atoms with Crippen LogP contribution in [0.1, 0.15) is 53.0 Å². The monoisotopic (exact) mass is 563 g/mol. The molecule has 40 heavy (non-hydrogen) atoms. The third kappa shape index (κ3) is 8.01. The van der Waals surface area contributed by atoms with Gasteiger partial charge in [-0.15, -0.1) is 11.3 Å². The molecule has 7 nitrogen and oxygen atoms in total. The van der Waals surface area contributed by atoms with E-state index in [-0.39, 0.29) is 24.5 Å². The van der Waals surface area contributed by atoms with Crippen molar-refractivity contribution in [3.05, 3.63) is 75.5 Å². The summed E-state index contributed by atoms with van der Waals surface area (Å²) in [7, 11) is 3.24. The Balaban J connectivity index is 1.52. The molecule has 3 amide bonds. The number of thiophene rings is 1. The Kier molecular flexibility index (Phi) is 10.5. The number of carbonyl (C=O) groups is 2. The SMILES string of the molecule is COc1ccc(CCN(Cc2ccc(C)s2)C(=O)CN(C(=O)Nc2ccc(C)cc2)C2CCCCC2)cc1OC. The molecular formula is C32H41N3O4S. The molecule has 1 aliphatic rings. The van der Waals surface area contributed by atoms with Gasteiger partial charge in [-0.3, -0.25) is 4.79 Å². The van der Waals surface area contributed by atoms with E-state index in [4.69, 9.17) is 9.47 Å². The van der Waals surface area contributed by atoms with Crippen LogP contribution < -0.4 is 14.8 Å². The van der Waals surface area contributed by atoms with E-state index >= 15 is 0 Å². The molecule has 1 N–H and O–H groups in total. The van der Waals surface area contributed by atoms with Crippen molar-refractivity contribution in [2.24, 2.45) is 0 Å². The van der Waals surface area contributed by atoms with Crippen LogP contribution in [-0.4, -0.2) is 55.1 Å². The molecule has 1 aliphatic carbocycles. The number of hydrogen-bond acceptors (Lipinski definition) is 5. The lowest BCUT2D eigenvalue weighted by atomic mass is 9.94. The van der Waals surface area contributed by atoms with E-state index in [0.29, 0.717) is 31.0 Å². The minimum Gasteiger partial charge on any atom is -0.493 e. The van der Waals surface area contributed by atoms with Crippen LogP contribution in [0.2, 0.25) is 0 Å². The average Bonchev–Trinajstić information content (AvgIpc) is 3.39. The number of anilines is 1. The first kappa shape index (κ1) is 29.5. The molecule has 8 heteroatoms. The predicted molar refractivity (Wildman–Crippen MR) is 161 cm³/mol. The number of urea groups is 1. The highest BCUT2D eigenvalue weighted by molar-refractivity contribution is 7.11. The minimum absolute atomic E-state index is 0.0452. The Morgan fingerprint density at radius 1 is 0.925 bits per heavy atom. The molecule has 4 rings (SSSR count). The Labute approximate surface area is 242 Å². The zero-order valence-corrected chi connectivity index (χ0v) is 24.9. The van der Waals surface area contributed by atoms with Gasteiger partial charge in [0.15, 0.2) is 11.5 Å². The molecule has 0 spiro atoms. The second kappa shape index (κ2) is 14.2. The van der Waals surface area contributed by atoms with Crippen LogP contribution in [-0.2, 0) is 17.8 Å². The van der Waals surface area contributed by atoms with Crippen molar-refractivity contribution in [2.45, 2.75) is 65.0 Å². The van der Waals surface area contributed by atoms with Crippen LogP contribution in [0.5, 0.6) is 11.5 Å². The summed E-state index contributed by atoms with van der Waals surface area (Å²) in [6, 6.07) is 17.6. The first-order chi connectivity index (χ1) is 19.4. The number of hydrogen-bond donors (Lipinski definition) is 1. The van der Waals surface area contributed by atoms with Crippen molar-refractivity contribution in [3.63, 3.8) is 0 Å². The normalized spacial score (nSPS) is 13.5. The van der Waals surface area contributed by atoms with Crippen LogP contribution >= 0.6 is 11.3 Å². The number of nitrogens with zero attached hydrogens (tertiary/aromatic N) is 2. The third-order valence-corrected chi connectivity index (χ3v) is 8.48. The van der Waals surface area contributed by atoms with Crippen molar-refractivity contribution >= 4 is 29.0 Å². The Bertz CT molecular complexity index is 1270. The lowest BCUT2D eigenvalue weighted by Gasteiger charge is -2.35. The largest absolute Gasteiger partial charge is 0.493 e. The molecule has 1 fully saturated rings. The van der Waals surface area contributed by atoms with Gasteiger partial charge in [0, 0.05) is 28.0 Å². The summed E-state index contributed by atoms with van der Waals surface area (Å²) >= 11 is 1.70. The average molecular weight is 564 g/mol. The molecule has 0 bridgehead atoms. The van der Waals surface area contributed by atoms with Crippen molar-refractivity contribution in [1.29, 1.82) is 0 Å². The van der Waals surface area contributed by atoms with Crippen LogP contribution in [0.25, 0.3) is 0 Å². The first-order valence-electron chi connectivity index (χ1n) is 14.0. The van der Waals surface area contributed by atoms with Gasteiger partial charge in [-0.2, -0.15) is 0 Å². The molecule has 1 aromatic heterocycles. The van der Waals surface area contributed by atoms with E-state index in [1.54, 1.807) is 30.5 Å². The van der Waals surface area contributed by atoms with Gasteiger partial charge in [-0.05, 0) is 75.1 Å². The highest BCUT2D eigenvalue weighted by Gasteiger charge is 2.29. The lowest BCUT2D eigenvalue weighted by Crippen LogP contribution is -2.49. The van der Waals surface area contributed by atoms with Crippen LogP contribution in [0.3, 0.4) is 0 Å². The Morgan fingerprint density at radius 2 is 1.65 bits per heavy atom. The minimum atomic E-state index is -0.212. The molecule has 0 saturated heterocycles. The molecular weight excluding hydrogens is 522 g/mol. The highest BCUT2D eigenvalue weighted by Crippen LogP contribution is 2.28. The van der Waals surface area contributed by atoms with Gasteiger partial charge in [0.05, 0.1) is 20.8 Å². The van der Waals surface area contributed by atoms with E-state index in [9.17, 15) is 9.59 Å². The van der Waals surface area contributed by atoms with Gasteiger partial charge in [0.25, 0.3) is 0 Å². The van der Waals surface area contributed by atoms with Crippen molar-refractivity contribution in [1.82, 2.24) is 9.80 Å². The molecule has 1 heterocycles. The maximum Gasteiger partial charge on any atom is 0.322 e. The maximum atomic E-state index is 13.9. The summed E-state index contributed by atoms with van der Waals surface area (Å²) < 4.78 is 10.9. The third-order valence-electron chi connectivity index (χ3n) is 7.50. The fourth-order valence-electron chi connectivity index (χ4n) is 5.19. The maximum absolute atomic E-state index is 13.9. The Hall–Kier alpha value is -3.52. The predicted octanol–water partition coefficient (Wildman–Crippen LogP) is 6.82. The smallest absolute Gasteiger partial charge is 0.322 e. The van der Waals surface area contributed by atoms with Crippen molar-refractivity contribution in [3.8, 4) is 11.5 Å². The van der Waals surface area contributed by atoms with Gasteiger partial charge in [0.2, 0.25) is 5.91 Å². The summed E-state index contributed by atoms with van der Waals surface area (Å²) in [6.45, 7) is 5.19. The van der Waals surface area contributed by atoms with E-state index in [1.165, 1.54) is 11.3 Å². The highest BCUT2D eigenvalue weighted by atomic mass is 32.1. The molecule has 1 saturated carbocycles.